The minimum Gasteiger partial charge on any atom is -0.489 e. The lowest BCUT2D eigenvalue weighted by atomic mass is 9.96. The first-order chi connectivity index (χ1) is 14.1. The molecule has 2 heterocycles. The maximum absolute atomic E-state index is 11.3. The van der Waals surface area contributed by atoms with Gasteiger partial charge in [-0.05, 0) is 49.3 Å². The molecule has 2 atom stereocenters. The predicted molar refractivity (Wildman–Crippen MR) is 112 cm³/mol. The van der Waals surface area contributed by atoms with Gasteiger partial charge in [0.25, 0.3) is 0 Å². The van der Waals surface area contributed by atoms with Gasteiger partial charge in [0, 0.05) is 19.4 Å². The molecule has 29 heavy (non-hydrogen) atoms. The number of aromatic nitrogens is 2. The van der Waals surface area contributed by atoms with E-state index >= 15 is 0 Å². The number of benzene rings is 1. The molecule has 1 aliphatic carbocycles. The Balaban J connectivity index is 1.27. The molecule has 0 bridgehead atoms. The lowest BCUT2D eigenvalue weighted by Crippen LogP contribution is -2.24. The minimum absolute atomic E-state index is 0.140. The Labute approximate surface area is 172 Å². The topological polar surface area (TPSA) is 64.5 Å². The van der Waals surface area contributed by atoms with Crippen molar-refractivity contribution < 1.29 is 14.3 Å². The molecule has 2 aromatic rings. The molecule has 1 saturated heterocycles. The van der Waals surface area contributed by atoms with E-state index in [2.05, 4.69) is 33.9 Å². The maximum atomic E-state index is 11.3. The monoisotopic (exact) mass is 395 g/mol. The highest BCUT2D eigenvalue weighted by Crippen LogP contribution is 2.29. The van der Waals surface area contributed by atoms with E-state index in [9.17, 15) is 4.79 Å². The summed E-state index contributed by atoms with van der Waals surface area (Å²) in [6, 6.07) is 8.59. The summed E-state index contributed by atoms with van der Waals surface area (Å²) in [6.45, 7) is 6.18. The largest absolute Gasteiger partial charge is 0.489 e. The van der Waals surface area contributed by atoms with Crippen molar-refractivity contribution in [1.82, 2.24) is 9.97 Å². The number of carbonyl (C=O) groups is 1. The fraction of sp³-hybridized carbons (Fsp3) is 0.522. The Morgan fingerprint density at radius 1 is 1.17 bits per heavy atom. The van der Waals surface area contributed by atoms with Crippen LogP contribution in [0.3, 0.4) is 0 Å². The molecule has 1 aromatic carbocycles. The minimum atomic E-state index is 0.140. The number of hydrogen-bond acceptors (Lipinski definition) is 6. The Hall–Kier alpha value is -2.63. The number of hydrogen-bond donors (Lipinski definition) is 0. The van der Waals surface area contributed by atoms with E-state index in [0.717, 1.165) is 37.6 Å². The van der Waals surface area contributed by atoms with Crippen molar-refractivity contribution >= 4 is 11.5 Å². The summed E-state index contributed by atoms with van der Waals surface area (Å²) in [5.41, 5.74) is 2.17. The summed E-state index contributed by atoms with van der Waals surface area (Å²) in [5.74, 6) is 2.02. The van der Waals surface area contributed by atoms with Crippen LogP contribution in [0.4, 0.5) is 5.69 Å². The van der Waals surface area contributed by atoms with Crippen molar-refractivity contribution in [2.24, 2.45) is 5.92 Å². The van der Waals surface area contributed by atoms with Crippen molar-refractivity contribution in [2.45, 2.75) is 51.6 Å². The van der Waals surface area contributed by atoms with Gasteiger partial charge in [0.05, 0.1) is 31.2 Å². The van der Waals surface area contributed by atoms with Crippen LogP contribution in [0.5, 0.6) is 11.8 Å². The van der Waals surface area contributed by atoms with Crippen LogP contribution in [0.1, 0.15) is 51.0 Å². The second-order valence-electron chi connectivity index (χ2n) is 8.33. The summed E-state index contributed by atoms with van der Waals surface area (Å²) < 4.78 is 11.8. The van der Waals surface area contributed by atoms with Gasteiger partial charge in [0.1, 0.15) is 17.6 Å². The molecular formula is C23H29N3O3. The molecule has 1 unspecified atom stereocenters. The molecular weight excluding hydrogens is 366 g/mol. The van der Waals surface area contributed by atoms with Crippen LogP contribution in [0.25, 0.3) is 0 Å². The third-order valence-electron chi connectivity index (χ3n) is 5.62. The van der Waals surface area contributed by atoms with Gasteiger partial charge >= 0.3 is 6.01 Å². The number of rotatable bonds is 9. The molecule has 154 valence electrons. The van der Waals surface area contributed by atoms with E-state index in [1.807, 2.05) is 24.5 Å². The summed E-state index contributed by atoms with van der Waals surface area (Å²) in [5, 5.41) is 0. The summed E-state index contributed by atoms with van der Waals surface area (Å²) in [6.07, 6.45) is 7.86. The smallest absolute Gasteiger partial charge is 0.316 e. The van der Waals surface area contributed by atoms with Crippen molar-refractivity contribution in [3.8, 4) is 11.8 Å². The van der Waals surface area contributed by atoms with E-state index in [0.29, 0.717) is 18.3 Å². The molecule has 2 fully saturated rings. The predicted octanol–water partition coefficient (Wildman–Crippen LogP) is 4.01. The van der Waals surface area contributed by atoms with Crippen LogP contribution in [0.2, 0.25) is 0 Å². The second-order valence-corrected chi connectivity index (χ2v) is 8.33. The first-order valence-electron chi connectivity index (χ1n) is 10.5. The summed E-state index contributed by atoms with van der Waals surface area (Å²) in [4.78, 5) is 22.2. The highest BCUT2D eigenvalue weighted by Gasteiger charge is 2.25. The van der Waals surface area contributed by atoms with Gasteiger partial charge in [-0.25, -0.2) is 9.97 Å². The molecule has 0 radical (unpaired) electrons. The van der Waals surface area contributed by atoms with Gasteiger partial charge in [-0.15, -0.1) is 0 Å². The Kier molecular flexibility index (Phi) is 5.97. The Bertz CT molecular complexity index is 818. The number of Topliss-reactive ketones (excluding diaryl/α,β-unsaturated/α-hetero) is 1. The Morgan fingerprint density at radius 2 is 1.90 bits per heavy atom. The maximum Gasteiger partial charge on any atom is 0.316 e. The highest BCUT2D eigenvalue weighted by atomic mass is 16.5. The zero-order valence-corrected chi connectivity index (χ0v) is 17.2. The van der Waals surface area contributed by atoms with E-state index in [-0.39, 0.29) is 17.8 Å². The van der Waals surface area contributed by atoms with Gasteiger partial charge in [0.15, 0.2) is 0 Å². The normalized spacial score (nSPS) is 19.8. The number of carbonyl (C=O) groups excluding carboxylic acids is 1. The molecule has 0 amide bonds. The molecule has 1 aliphatic heterocycles. The average Bonchev–Trinajstić information content (AvgIpc) is 3.44. The van der Waals surface area contributed by atoms with E-state index < -0.39 is 0 Å². The number of nitrogens with zero attached hydrogens (tertiary/aromatic N) is 3. The lowest BCUT2D eigenvalue weighted by Gasteiger charge is -2.19. The van der Waals surface area contributed by atoms with Crippen molar-refractivity contribution in [3.63, 3.8) is 0 Å². The quantitative estimate of drug-likeness (QED) is 0.639. The van der Waals surface area contributed by atoms with Crippen molar-refractivity contribution in [1.29, 1.82) is 0 Å². The molecule has 0 N–H and O–H groups in total. The highest BCUT2D eigenvalue weighted by molar-refractivity contribution is 5.76. The zero-order chi connectivity index (χ0) is 20.2. The third kappa shape index (κ3) is 5.46. The van der Waals surface area contributed by atoms with Crippen LogP contribution < -0.4 is 14.4 Å². The van der Waals surface area contributed by atoms with Crippen LogP contribution in [0.15, 0.2) is 36.7 Å². The number of anilines is 1. The molecule has 2 aliphatic rings. The SMILES string of the molecule is CC(=O)C[C@@H](C)c1ccc(OC2CCN(c3cnc(OCC4CC4)nc3)C2)cc1. The van der Waals surface area contributed by atoms with Gasteiger partial charge in [0.2, 0.25) is 0 Å². The number of ether oxygens (including phenoxy) is 2. The number of ketones is 1. The fourth-order valence-electron chi connectivity index (χ4n) is 3.70. The van der Waals surface area contributed by atoms with E-state index in [4.69, 9.17) is 9.47 Å². The summed E-state index contributed by atoms with van der Waals surface area (Å²) in [7, 11) is 0. The zero-order valence-electron chi connectivity index (χ0n) is 17.2. The van der Waals surface area contributed by atoms with Gasteiger partial charge < -0.3 is 19.2 Å². The van der Waals surface area contributed by atoms with E-state index in [1.54, 1.807) is 6.92 Å². The van der Waals surface area contributed by atoms with Crippen molar-refractivity contribution in [3.05, 3.63) is 42.2 Å². The first-order valence-corrected chi connectivity index (χ1v) is 10.5. The molecule has 6 heteroatoms. The molecule has 6 nitrogen and oxygen atoms in total. The van der Waals surface area contributed by atoms with Crippen LogP contribution in [0, 0.1) is 5.92 Å². The Morgan fingerprint density at radius 3 is 2.55 bits per heavy atom. The van der Waals surface area contributed by atoms with Gasteiger partial charge in [-0.1, -0.05) is 19.1 Å². The average molecular weight is 396 g/mol. The fourth-order valence-corrected chi connectivity index (χ4v) is 3.70. The lowest BCUT2D eigenvalue weighted by molar-refractivity contribution is -0.117. The van der Waals surface area contributed by atoms with Crippen LogP contribution in [-0.4, -0.2) is 41.6 Å². The molecule has 1 saturated carbocycles. The first kappa shape index (κ1) is 19.7. The van der Waals surface area contributed by atoms with Gasteiger partial charge in [-0.2, -0.15) is 0 Å². The standard InChI is InChI=1S/C23H29N3O3/c1-16(11-17(2)27)19-5-7-21(8-6-19)29-22-9-10-26(14-22)20-12-24-23(25-13-20)28-15-18-3-4-18/h5-8,12-13,16,18,22H,3-4,9-11,14-15H2,1-2H3/t16-,22?/m1/s1. The molecule has 0 spiro atoms. The third-order valence-corrected chi connectivity index (χ3v) is 5.62. The van der Waals surface area contributed by atoms with Crippen molar-refractivity contribution in [2.75, 3.05) is 24.6 Å². The van der Waals surface area contributed by atoms with E-state index in [1.165, 1.54) is 18.4 Å². The second kappa shape index (κ2) is 8.80. The summed E-state index contributed by atoms with van der Waals surface area (Å²) >= 11 is 0. The molecule has 1 aromatic heterocycles. The molecule has 4 rings (SSSR count). The van der Waals surface area contributed by atoms with Crippen LogP contribution in [-0.2, 0) is 4.79 Å². The van der Waals surface area contributed by atoms with Crippen LogP contribution >= 0.6 is 0 Å². The van der Waals surface area contributed by atoms with Gasteiger partial charge in [-0.3, -0.25) is 0 Å².